The highest BCUT2D eigenvalue weighted by atomic mass is 16.2. The van der Waals surface area contributed by atoms with Crippen LogP contribution in [-0.2, 0) is 4.79 Å². The predicted octanol–water partition coefficient (Wildman–Crippen LogP) is 0.805. The topological polar surface area (TPSA) is 23.6 Å². The van der Waals surface area contributed by atoms with Crippen LogP contribution in [0.5, 0.6) is 0 Å². The molecular formula is C10H20N2O. The molecule has 13 heavy (non-hydrogen) atoms. The van der Waals surface area contributed by atoms with Gasteiger partial charge in [-0.2, -0.15) is 0 Å². The van der Waals surface area contributed by atoms with Crippen LogP contribution in [0.25, 0.3) is 0 Å². The van der Waals surface area contributed by atoms with Gasteiger partial charge in [-0.25, -0.2) is 0 Å². The summed E-state index contributed by atoms with van der Waals surface area (Å²) in [5.74, 6) is 0.826. The Morgan fingerprint density at radius 1 is 1.62 bits per heavy atom. The zero-order valence-electron chi connectivity index (χ0n) is 9.08. The van der Waals surface area contributed by atoms with Gasteiger partial charge in [0.2, 0.25) is 5.91 Å². The lowest BCUT2D eigenvalue weighted by atomic mass is 10.1. The quantitative estimate of drug-likeness (QED) is 0.648. The Morgan fingerprint density at radius 2 is 2.23 bits per heavy atom. The van der Waals surface area contributed by atoms with Crippen LogP contribution >= 0.6 is 0 Å². The Bertz CT molecular complexity index is 191. The second kappa shape index (κ2) is 4.09. The fourth-order valence-corrected chi connectivity index (χ4v) is 1.70. The average molecular weight is 184 g/mol. The number of nitrogens with zero attached hydrogens (tertiary/aromatic N) is 2. The molecule has 0 spiro atoms. The standard InChI is InChI=1S/C10H20N2O/c1-8(2)11(3)6-9-5-10(13)12(4)7-9/h8-9H,5-7H2,1-4H3/t9-/m0/s1. The van der Waals surface area contributed by atoms with Crippen molar-refractivity contribution in [3.05, 3.63) is 0 Å². The SMILES string of the molecule is CC(C)N(C)C[C@@H]1CC(=O)N(C)C1. The molecule has 0 aliphatic carbocycles. The van der Waals surface area contributed by atoms with Crippen molar-refractivity contribution in [3.8, 4) is 0 Å². The number of hydrogen-bond donors (Lipinski definition) is 0. The van der Waals surface area contributed by atoms with Crippen LogP contribution in [0.1, 0.15) is 20.3 Å². The molecule has 3 heteroatoms. The Morgan fingerprint density at radius 3 is 2.62 bits per heavy atom. The summed E-state index contributed by atoms with van der Waals surface area (Å²) < 4.78 is 0. The third-order valence-corrected chi connectivity index (χ3v) is 2.85. The highest BCUT2D eigenvalue weighted by Gasteiger charge is 2.27. The fraction of sp³-hybridized carbons (Fsp3) is 0.900. The van der Waals surface area contributed by atoms with E-state index >= 15 is 0 Å². The van der Waals surface area contributed by atoms with E-state index in [1.165, 1.54) is 0 Å². The maximum atomic E-state index is 11.2. The second-order valence-electron chi connectivity index (χ2n) is 4.38. The molecule has 1 saturated heterocycles. The molecule has 1 fully saturated rings. The molecule has 1 aliphatic rings. The zero-order chi connectivity index (χ0) is 10.0. The maximum absolute atomic E-state index is 11.2. The molecule has 1 aliphatic heterocycles. The lowest BCUT2D eigenvalue weighted by Gasteiger charge is -2.23. The molecule has 0 aromatic heterocycles. The van der Waals surface area contributed by atoms with Gasteiger partial charge in [0.05, 0.1) is 0 Å². The summed E-state index contributed by atoms with van der Waals surface area (Å²) in [6.07, 6.45) is 0.730. The van der Waals surface area contributed by atoms with Crippen molar-refractivity contribution in [1.29, 1.82) is 0 Å². The normalized spacial score (nSPS) is 23.7. The van der Waals surface area contributed by atoms with E-state index in [0.29, 0.717) is 17.9 Å². The molecule has 3 nitrogen and oxygen atoms in total. The summed E-state index contributed by atoms with van der Waals surface area (Å²) in [4.78, 5) is 15.4. The van der Waals surface area contributed by atoms with E-state index in [1.807, 2.05) is 11.9 Å². The van der Waals surface area contributed by atoms with Gasteiger partial charge in [-0.15, -0.1) is 0 Å². The van der Waals surface area contributed by atoms with Crippen molar-refractivity contribution in [2.75, 3.05) is 27.2 Å². The van der Waals surface area contributed by atoms with Gasteiger partial charge in [-0.1, -0.05) is 0 Å². The third kappa shape index (κ3) is 2.69. The Balaban J connectivity index is 2.35. The Labute approximate surface area is 80.7 Å². The lowest BCUT2D eigenvalue weighted by molar-refractivity contribution is -0.126. The van der Waals surface area contributed by atoms with E-state index in [4.69, 9.17) is 0 Å². The number of rotatable bonds is 3. The minimum atomic E-state index is 0.294. The number of carbonyl (C=O) groups is 1. The molecule has 1 rings (SSSR count). The minimum absolute atomic E-state index is 0.294. The summed E-state index contributed by atoms with van der Waals surface area (Å²) in [5.41, 5.74) is 0. The van der Waals surface area contributed by atoms with Crippen LogP contribution in [0, 0.1) is 5.92 Å². The van der Waals surface area contributed by atoms with Crippen molar-refractivity contribution in [2.24, 2.45) is 5.92 Å². The molecule has 0 aromatic carbocycles. The number of hydrogen-bond acceptors (Lipinski definition) is 2. The van der Waals surface area contributed by atoms with Gasteiger partial charge < -0.3 is 9.80 Å². The zero-order valence-corrected chi connectivity index (χ0v) is 9.08. The van der Waals surface area contributed by atoms with Crippen LogP contribution in [0.3, 0.4) is 0 Å². The highest BCUT2D eigenvalue weighted by molar-refractivity contribution is 5.78. The first-order chi connectivity index (χ1) is 6.00. The molecule has 0 unspecified atom stereocenters. The molecule has 1 heterocycles. The van der Waals surface area contributed by atoms with Crippen LogP contribution in [0.4, 0.5) is 0 Å². The van der Waals surface area contributed by atoms with E-state index in [9.17, 15) is 4.79 Å². The average Bonchev–Trinajstić information content (AvgIpc) is 2.31. The van der Waals surface area contributed by atoms with Gasteiger partial charge in [0.1, 0.15) is 0 Å². The van der Waals surface area contributed by atoms with Gasteiger partial charge in [-0.05, 0) is 26.8 Å². The summed E-state index contributed by atoms with van der Waals surface area (Å²) in [6.45, 7) is 6.32. The van der Waals surface area contributed by atoms with Crippen molar-refractivity contribution in [1.82, 2.24) is 9.80 Å². The number of likely N-dealkylation sites (tertiary alicyclic amines) is 1. The van der Waals surface area contributed by atoms with Crippen LogP contribution < -0.4 is 0 Å². The molecule has 0 aromatic rings. The predicted molar refractivity (Wildman–Crippen MR) is 53.5 cm³/mol. The first-order valence-corrected chi connectivity index (χ1v) is 4.95. The van der Waals surface area contributed by atoms with Gasteiger partial charge in [-0.3, -0.25) is 4.79 Å². The summed E-state index contributed by atoms with van der Waals surface area (Å²) >= 11 is 0. The van der Waals surface area contributed by atoms with Gasteiger partial charge in [0.25, 0.3) is 0 Å². The molecule has 0 bridgehead atoms. The van der Waals surface area contributed by atoms with Crippen LogP contribution in [-0.4, -0.2) is 48.9 Å². The molecule has 1 amide bonds. The molecule has 1 atom stereocenters. The van der Waals surface area contributed by atoms with Crippen LogP contribution in [0.2, 0.25) is 0 Å². The molecule has 0 N–H and O–H groups in total. The van der Waals surface area contributed by atoms with Gasteiger partial charge in [0.15, 0.2) is 0 Å². The lowest BCUT2D eigenvalue weighted by Crippen LogP contribution is -2.32. The maximum Gasteiger partial charge on any atom is 0.222 e. The summed E-state index contributed by atoms with van der Waals surface area (Å²) in [5, 5.41) is 0. The molecular weight excluding hydrogens is 164 g/mol. The number of carbonyl (C=O) groups excluding carboxylic acids is 1. The first-order valence-electron chi connectivity index (χ1n) is 4.95. The Hall–Kier alpha value is -0.570. The van der Waals surface area contributed by atoms with E-state index in [2.05, 4.69) is 25.8 Å². The monoisotopic (exact) mass is 184 g/mol. The second-order valence-corrected chi connectivity index (χ2v) is 4.38. The smallest absolute Gasteiger partial charge is 0.222 e. The highest BCUT2D eigenvalue weighted by Crippen LogP contribution is 2.17. The third-order valence-electron chi connectivity index (χ3n) is 2.85. The number of amides is 1. The van der Waals surface area contributed by atoms with E-state index in [1.54, 1.807) is 0 Å². The van der Waals surface area contributed by atoms with E-state index in [-0.39, 0.29) is 0 Å². The fourth-order valence-electron chi connectivity index (χ4n) is 1.70. The van der Waals surface area contributed by atoms with E-state index in [0.717, 1.165) is 19.5 Å². The van der Waals surface area contributed by atoms with Crippen molar-refractivity contribution in [3.63, 3.8) is 0 Å². The summed E-state index contributed by atoms with van der Waals surface area (Å²) in [7, 11) is 4.01. The van der Waals surface area contributed by atoms with Crippen molar-refractivity contribution >= 4 is 5.91 Å². The minimum Gasteiger partial charge on any atom is -0.345 e. The van der Waals surface area contributed by atoms with Crippen molar-refractivity contribution in [2.45, 2.75) is 26.3 Å². The molecule has 0 saturated carbocycles. The largest absolute Gasteiger partial charge is 0.345 e. The first kappa shape index (κ1) is 10.5. The molecule has 0 radical (unpaired) electrons. The van der Waals surface area contributed by atoms with Gasteiger partial charge in [0, 0.05) is 32.6 Å². The van der Waals surface area contributed by atoms with Crippen molar-refractivity contribution < 1.29 is 4.79 Å². The molecule has 76 valence electrons. The van der Waals surface area contributed by atoms with E-state index < -0.39 is 0 Å². The van der Waals surface area contributed by atoms with Gasteiger partial charge >= 0.3 is 0 Å². The summed E-state index contributed by atoms with van der Waals surface area (Å²) in [6, 6.07) is 0.570. The van der Waals surface area contributed by atoms with Crippen LogP contribution in [0.15, 0.2) is 0 Å². The Kier molecular flexibility index (Phi) is 3.31.